The molecule has 2 aromatic carbocycles. The fourth-order valence-corrected chi connectivity index (χ4v) is 2.94. The van der Waals surface area contributed by atoms with Gasteiger partial charge in [0.05, 0.1) is 0 Å². The fourth-order valence-electron chi connectivity index (χ4n) is 2.94. The van der Waals surface area contributed by atoms with E-state index in [1.165, 1.54) is 12.1 Å². The first-order valence-electron chi connectivity index (χ1n) is 9.58. The van der Waals surface area contributed by atoms with Gasteiger partial charge in [0, 0.05) is 36.0 Å². The minimum atomic E-state index is -0.657. The molecule has 0 saturated carbocycles. The summed E-state index contributed by atoms with van der Waals surface area (Å²) in [5.41, 5.74) is 6.45. The van der Waals surface area contributed by atoms with E-state index >= 15 is 0 Å². The molecule has 4 N–H and O–H groups in total. The summed E-state index contributed by atoms with van der Waals surface area (Å²) in [5, 5.41) is 1.59. The number of carbonyl (C=O) groups is 2. The van der Waals surface area contributed by atoms with Gasteiger partial charge in [-0.05, 0) is 57.2 Å². The molecule has 0 spiro atoms. The molecule has 0 aliphatic heterocycles. The molecule has 2 rings (SSSR count). The van der Waals surface area contributed by atoms with Gasteiger partial charge >= 0.3 is 0 Å². The highest BCUT2D eigenvalue weighted by Crippen LogP contribution is 2.15. The van der Waals surface area contributed by atoms with Crippen molar-refractivity contribution in [3.05, 3.63) is 65.2 Å². The van der Waals surface area contributed by atoms with Crippen LogP contribution in [0.5, 0.6) is 0 Å². The summed E-state index contributed by atoms with van der Waals surface area (Å²) < 4.78 is 26.8. The van der Waals surface area contributed by atoms with E-state index in [4.69, 9.17) is 0 Å². The number of anilines is 1. The van der Waals surface area contributed by atoms with Gasteiger partial charge in [-0.2, -0.15) is 0 Å². The molecule has 0 heterocycles. The number of carbonyl (C=O) groups excluding carboxylic acids is 2. The standard InChI is InChI=1S/C21H26F2N4O2/c1-4-27(5-2)17-9-6-15(7-10-17)21(29)26-25-20(28)13-24-14(3)18-11-8-16(22)12-19(18)23/h6-12,14,24H,4-5,13H2,1-3H3,(H,25,28)(H,26,29)/p+1/t14-/m0/s1. The number of hydrogen-bond acceptors (Lipinski definition) is 3. The first-order valence-corrected chi connectivity index (χ1v) is 9.58. The highest BCUT2D eigenvalue weighted by atomic mass is 19.1. The monoisotopic (exact) mass is 405 g/mol. The van der Waals surface area contributed by atoms with Crippen molar-refractivity contribution >= 4 is 17.5 Å². The van der Waals surface area contributed by atoms with Crippen molar-refractivity contribution < 1.29 is 23.7 Å². The zero-order valence-electron chi connectivity index (χ0n) is 16.8. The van der Waals surface area contributed by atoms with Crippen LogP contribution < -0.4 is 21.1 Å². The lowest BCUT2D eigenvalue weighted by Gasteiger charge is -2.21. The number of benzene rings is 2. The highest BCUT2D eigenvalue weighted by molar-refractivity contribution is 5.95. The zero-order valence-corrected chi connectivity index (χ0v) is 16.8. The molecule has 0 saturated heterocycles. The lowest BCUT2D eigenvalue weighted by molar-refractivity contribution is -0.682. The number of nitrogens with one attached hydrogen (secondary N) is 2. The van der Waals surface area contributed by atoms with Crippen molar-refractivity contribution in [2.45, 2.75) is 26.8 Å². The molecule has 0 radical (unpaired) electrons. The lowest BCUT2D eigenvalue weighted by atomic mass is 10.1. The SMILES string of the molecule is CCN(CC)c1ccc(C(=O)NNC(=O)C[NH2+][C@@H](C)c2ccc(F)cc2F)cc1. The number of quaternary nitrogens is 1. The Balaban J connectivity index is 1.81. The van der Waals surface area contributed by atoms with E-state index in [0.717, 1.165) is 24.8 Å². The maximum absolute atomic E-state index is 13.8. The Morgan fingerprint density at radius 1 is 1.03 bits per heavy atom. The van der Waals surface area contributed by atoms with E-state index in [-0.39, 0.29) is 12.6 Å². The molecular weight excluding hydrogens is 378 g/mol. The summed E-state index contributed by atoms with van der Waals surface area (Å²) in [6, 6.07) is 10.1. The normalized spacial score (nSPS) is 11.6. The van der Waals surface area contributed by atoms with Crippen LogP contribution in [0, 0.1) is 11.6 Å². The molecule has 156 valence electrons. The van der Waals surface area contributed by atoms with Crippen molar-refractivity contribution in [1.29, 1.82) is 0 Å². The van der Waals surface area contributed by atoms with Gasteiger partial charge < -0.3 is 10.2 Å². The maximum atomic E-state index is 13.8. The van der Waals surface area contributed by atoms with Crippen LogP contribution >= 0.6 is 0 Å². The zero-order chi connectivity index (χ0) is 21.4. The molecule has 0 unspecified atom stereocenters. The molecule has 2 aromatic rings. The van der Waals surface area contributed by atoms with Crippen molar-refractivity contribution in [3.63, 3.8) is 0 Å². The number of rotatable bonds is 8. The van der Waals surface area contributed by atoms with Crippen LogP contribution in [-0.4, -0.2) is 31.4 Å². The van der Waals surface area contributed by atoms with Crippen molar-refractivity contribution in [2.24, 2.45) is 0 Å². The van der Waals surface area contributed by atoms with E-state index in [1.54, 1.807) is 24.4 Å². The second-order valence-electron chi connectivity index (χ2n) is 6.62. The van der Waals surface area contributed by atoms with Crippen molar-refractivity contribution in [3.8, 4) is 0 Å². The maximum Gasteiger partial charge on any atom is 0.293 e. The molecule has 0 fully saturated rings. The average molecular weight is 405 g/mol. The third-order valence-electron chi connectivity index (χ3n) is 4.68. The Kier molecular flexibility index (Phi) is 8.09. The number of hydrazine groups is 1. The predicted octanol–water partition coefficient (Wildman–Crippen LogP) is 1.90. The molecule has 0 aliphatic rings. The Labute approximate surface area is 169 Å². The van der Waals surface area contributed by atoms with Gasteiger partial charge in [0.1, 0.15) is 17.7 Å². The number of halogens is 2. The number of amides is 2. The molecule has 29 heavy (non-hydrogen) atoms. The van der Waals surface area contributed by atoms with Crippen molar-refractivity contribution in [2.75, 3.05) is 24.5 Å². The summed E-state index contributed by atoms with van der Waals surface area (Å²) >= 11 is 0. The van der Waals surface area contributed by atoms with Crippen LogP contribution in [0.4, 0.5) is 14.5 Å². The second-order valence-corrected chi connectivity index (χ2v) is 6.62. The third kappa shape index (κ3) is 6.25. The molecule has 8 heteroatoms. The van der Waals surface area contributed by atoms with Gasteiger partial charge in [-0.3, -0.25) is 20.4 Å². The first kappa shape index (κ1) is 22.3. The number of nitrogens with zero attached hydrogens (tertiary/aromatic N) is 1. The molecule has 0 aromatic heterocycles. The Hall–Kier alpha value is -3.00. The molecular formula is C21H27F2N4O2+. The quantitative estimate of drug-likeness (QED) is 0.587. The molecule has 2 amide bonds. The van der Waals surface area contributed by atoms with E-state index in [9.17, 15) is 18.4 Å². The van der Waals surface area contributed by atoms with E-state index < -0.39 is 23.4 Å². The summed E-state index contributed by atoms with van der Waals surface area (Å²) in [5.74, 6) is -2.17. The van der Waals surface area contributed by atoms with Crippen molar-refractivity contribution in [1.82, 2.24) is 10.9 Å². The van der Waals surface area contributed by atoms with Gasteiger partial charge in [-0.15, -0.1) is 0 Å². The number of hydrogen-bond donors (Lipinski definition) is 3. The largest absolute Gasteiger partial charge is 0.372 e. The summed E-state index contributed by atoms with van der Waals surface area (Å²) in [6.07, 6.45) is 0. The van der Waals surface area contributed by atoms with Gasteiger partial charge in [0.25, 0.3) is 11.8 Å². The highest BCUT2D eigenvalue weighted by Gasteiger charge is 2.16. The number of nitrogens with two attached hydrogens (primary N) is 1. The molecule has 0 aliphatic carbocycles. The average Bonchev–Trinajstić information content (AvgIpc) is 2.71. The van der Waals surface area contributed by atoms with Crippen LogP contribution in [0.3, 0.4) is 0 Å². The Morgan fingerprint density at radius 2 is 1.69 bits per heavy atom. The summed E-state index contributed by atoms with van der Waals surface area (Å²) in [7, 11) is 0. The van der Waals surface area contributed by atoms with Crippen LogP contribution in [-0.2, 0) is 4.79 Å². The van der Waals surface area contributed by atoms with Crippen LogP contribution in [0.15, 0.2) is 42.5 Å². The minimum Gasteiger partial charge on any atom is -0.372 e. The molecule has 1 atom stereocenters. The van der Waals surface area contributed by atoms with Gasteiger partial charge in [-0.1, -0.05) is 0 Å². The Morgan fingerprint density at radius 3 is 2.28 bits per heavy atom. The van der Waals surface area contributed by atoms with Gasteiger partial charge in [0.15, 0.2) is 6.54 Å². The summed E-state index contributed by atoms with van der Waals surface area (Å²) in [6.45, 7) is 7.53. The van der Waals surface area contributed by atoms with E-state index in [0.29, 0.717) is 11.1 Å². The topological polar surface area (TPSA) is 78.1 Å². The predicted molar refractivity (Wildman–Crippen MR) is 107 cm³/mol. The van der Waals surface area contributed by atoms with Crippen LogP contribution in [0.2, 0.25) is 0 Å². The van der Waals surface area contributed by atoms with Crippen LogP contribution in [0.1, 0.15) is 42.7 Å². The van der Waals surface area contributed by atoms with E-state index in [1.807, 2.05) is 12.1 Å². The smallest absolute Gasteiger partial charge is 0.293 e. The lowest BCUT2D eigenvalue weighted by Crippen LogP contribution is -2.87. The summed E-state index contributed by atoms with van der Waals surface area (Å²) in [4.78, 5) is 26.3. The Bertz CT molecular complexity index is 839. The van der Waals surface area contributed by atoms with E-state index in [2.05, 4.69) is 29.6 Å². The minimum absolute atomic E-state index is 0.0286. The van der Waals surface area contributed by atoms with Gasteiger partial charge in [0.2, 0.25) is 0 Å². The third-order valence-corrected chi connectivity index (χ3v) is 4.68. The van der Waals surface area contributed by atoms with Gasteiger partial charge in [-0.25, -0.2) is 8.78 Å². The fraction of sp³-hybridized carbons (Fsp3) is 0.333. The molecule has 0 bridgehead atoms. The second kappa shape index (κ2) is 10.5. The first-order chi connectivity index (χ1) is 13.8. The van der Waals surface area contributed by atoms with Crippen LogP contribution in [0.25, 0.3) is 0 Å². The molecule has 6 nitrogen and oxygen atoms in total.